The Morgan fingerprint density at radius 2 is 1.94 bits per heavy atom. The van der Waals surface area contributed by atoms with Gasteiger partial charge in [0.1, 0.15) is 11.4 Å². The van der Waals surface area contributed by atoms with Gasteiger partial charge in [-0.3, -0.25) is 14.9 Å². The molecule has 92 valence electrons. The van der Waals surface area contributed by atoms with E-state index in [1.165, 1.54) is 6.92 Å². The number of carbonyl (C=O) groups excluding carboxylic acids is 1. The normalized spacial score (nSPS) is 10.3. The maximum Gasteiger partial charge on any atom is 0.297 e. The number of benzene rings is 2. The van der Waals surface area contributed by atoms with Gasteiger partial charge >= 0.3 is 0 Å². The van der Waals surface area contributed by atoms with Crippen LogP contribution >= 0.6 is 0 Å². The molecule has 0 saturated heterocycles. The molecule has 0 atom stereocenters. The minimum Gasteiger partial charge on any atom is -0.507 e. The second-order valence-electron chi connectivity index (χ2n) is 3.77. The molecule has 0 spiro atoms. The Hall–Kier alpha value is -2.63. The summed E-state index contributed by atoms with van der Waals surface area (Å²) in [5, 5.41) is 24.0. The maximum absolute atomic E-state index is 11.1. The SMILES string of the molecule is CC(=O)Nc1c([N+](=O)[O-])cc(O)c2ccccc12. The molecular formula is C12H10N2O4. The minimum absolute atomic E-state index is 0.0981. The number of phenols is 1. The summed E-state index contributed by atoms with van der Waals surface area (Å²) in [4.78, 5) is 21.4. The van der Waals surface area contributed by atoms with Gasteiger partial charge < -0.3 is 10.4 Å². The summed E-state index contributed by atoms with van der Waals surface area (Å²) in [5.41, 5.74) is -0.234. The zero-order valence-electron chi connectivity index (χ0n) is 9.51. The average molecular weight is 246 g/mol. The van der Waals surface area contributed by atoms with Gasteiger partial charge in [0.25, 0.3) is 5.69 Å². The number of anilines is 1. The molecule has 0 heterocycles. The van der Waals surface area contributed by atoms with Crippen LogP contribution in [0.25, 0.3) is 10.8 Å². The summed E-state index contributed by atoms with van der Waals surface area (Å²) < 4.78 is 0. The van der Waals surface area contributed by atoms with Crippen LogP contribution in [-0.2, 0) is 4.79 Å². The number of hydrogen-bond acceptors (Lipinski definition) is 4. The molecule has 6 nitrogen and oxygen atoms in total. The van der Waals surface area contributed by atoms with Gasteiger partial charge in [-0.25, -0.2) is 0 Å². The second-order valence-corrected chi connectivity index (χ2v) is 3.77. The molecule has 0 unspecified atom stereocenters. The fourth-order valence-electron chi connectivity index (χ4n) is 1.79. The van der Waals surface area contributed by atoms with Crippen molar-refractivity contribution >= 4 is 28.1 Å². The fraction of sp³-hybridized carbons (Fsp3) is 0.0833. The van der Waals surface area contributed by atoms with Crippen molar-refractivity contribution in [2.75, 3.05) is 5.32 Å². The van der Waals surface area contributed by atoms with Crippen molar-refractivity contribution in [1.82, 2.24) is 0 Å². The number of nitrogens with one attached hydrogen (secondary N) is 1. The number of hydrogen-bond donors (Lipinski definition) is 2. The molecule has 2 N–H and O–H groups in total. The molecule has 2 rings (SSSR count). The Morgan fingerprint density at radius 3 is 2.50 bits per heavy atom. The number of nitrogens with zero attached hydrogens (tertiary/aromatic N) is 1. The van der Waals surface area contributed by atoms with Crippen molar-refractivity contribution in [1.29, 1.82) is 0 Å². The first-order chi connectivity index (χ1) is 8.50. The number of amides is 1. The van der Waals surface area contributed by atoms with Gasteiger partial charge in [0, 0.05) is 17.7 Å². The summed E-state index contributed by atoms with van der Waals surface area (Å²) >= 11 is 0. The summed E-state index contributed by atoms with van der Waals surface area (Å²) in [6.45, 7) is 1.27. The zero-order valence-corrected chi connectivity index (χ0v) is 9.51. The van der Waals surface area contributed by atoms with Gasteiger partial charge in [-0.05, 0) is 0 Å². The van der Waals surface area contributed by atoms with Gasteiger partial charge in [-0.1, -0.05) is 24.3 Å². The van der Waals surface area contributed by atoms with Crippen molar-refractivity contribution in [3.05, 3.63) is 40.4 Å². The number of nitro benzene ring substituents is 1. The minimum atomic E-state index is -0.641. The molecule has 0 aromatic heterocycles. The smallest absolute Gasteiger partial charge is 0.297 e. The average Bonchev–Trinajstić information content (AvgIpc) is 2.32. The first-order valence-corrected chi connectivity index (χ1v) is 5.17. The van der Waals surface area contributed by atoms with Gasteiger partial charge in [-0.15, -0.1) is 0 Å². The van der Waals surface area contributed by atoms with E-state index in [1.54, 1.807) is 24.3 Å². The molecule has 18 heavy (non-hydrogen) atoms. The van der Waals surface area contributed by atoms with E-state index in [0.29, 0.717) is 10.8 Å². The van der Waals surface area contributed by atoms with Crippen LogP contribution in [0.5, 0.6) is 5.75 Å². The van der Waals surface area contributed by atoms with Crippen LogP contribution in [0.3, 0.4) is 0 Å². The topological polar surface area (TPSA) is 92.5 Å². The lowest BCUT2D eigenvalue weighted by Gasteiger charge is -2.09. The van der Waals surface area contributed by atoms with E-state index in [9.17, 15) is 20.0 Å². The predicted molar refractivity (Wildman–Crippen MR) is 66.6 cm³/mol. The van der Waals surface area contributed by atoms with E-state index in [1.807, 2.05) is 0 Å². The lowest BCUT2D eigenvalue weighted by Crippen LogP contribution is -2.08. The molecule has 0 fully saturated rings. The number of phenolic OH excluding ortho intramolecular Hbond substituents is 1. The standard InChI is InChI=1S/C12H10N2O4/c1-7(15)13-12-9-5-3-2-4-8(9)11(16)6-10(12)14(17)18/h2-6,16H,1H3,(H,13,15). The predicted octanol–water partition coefficient (Wildman–Crippen LogP) is 2.41. The van der Waals surface area contributed by atoms with Gasteiger partial charge in [0.05, 0.1) is 11.0 Å². The van der Waals surface area contributed by atoms with Crippen LogP contribution in [0.2, 0.25) is 0 Å². The van der Waals surface area contributed by atoms with Gasteiger partial charge in [0.15, 0.2) is 0 Å². The highest BCUT2D eigenvalue weighted by atomic mass is 16.6. The fourth-order valence-corrected chi connectivity index (χ4v) is 1.79. The van der Waals surface area contributed by atoms with E-state index >= 15 is 0 Å². The van der Waals surface area contributed by atoms with E-state index in [4.69, 9.17) is 0 Å². The Morgan fingerprint density at radius 1 is 1.33 bits per heavy atom. The van der Waals surface area contributed by atoms with Gasteiger partial charge in [0.2, 0.25) is 5.91 Å². The third kappa shape index (κ3) is 1.95. The molecule has 2 aromatic carbocycles. The van der Waals surface area contributed by atoms with E-state index in [2.05, 4.69) is 5.32 Å². The molecular weight excluding hydrogens is 236 g/mol. The number of rotatable bonds is 2. The Bertz CT molecular complexity index is 652. The molecule has 0 radical (unpaired) electrons. The van der Waals surface area contributed by atoms with Crippen LogP contribution in [0.4, 0.5) is 11.4 Å². The van der Waals surface area contributed by atoms with Crippen molar-refractivity contribution < 1.29 is 14.8 Å². The molecule has 0 aliphatic carbocycles. The number of carbonyl (C=O) groups is 1. The summed E-state index contributed by atoms with van der Waals surface area (Å²) in [6, 6.07) is 7.64. The molecule has 2 aromatic rings. The highest BCUT2D eigenvalue weighted by Gasteiger charge is 2.20. The van der Waals surface area contributed by atoms with Crippen LogP contribution in [0.1, 0.15) is 6.92 Å². The highest BCUT2D eigenvalue weighted by molar-refractivity contribution is 6.07. The largest absolute Gasteiger partial charge is 0.507 e. The summed E-state index contributed by atoms with van der Waals surface area (Å²) in [7, 11) is 0. The molecule has 1 amide bonds. The van der Waals surface area contributed by atoms with Crippen molar-refractivity contribution in [3.8, 4) is 5.75 Å². The third-order valence-electron chi connectivity index (χ3n) is 2.50. The lowest BCUT2D eigenvalue weighted by molar-refractivity contribution is -0.383. The van der Waals surface area contributed by atoms with Gasteiger partial charge in [-0.2, -0.15) is 0 Å². The highest BCUT2D eigenvalue weighted by Crippen LogP contribution is 2.38. The number of fused-ring (bicyclic) bond motifs is 1. The Balaban J connectivity index is 2.83. The monoisotopic (exact) mass is 246 g/mol. The van der Waals surface area contributed by atoms with Crippen LogP contribution < -0.4 is 5.32 Å². The molecule has 0 aliphatic heterocycles. The first-order valence-electron chi connectivity index (χ1n) is 5.17. The third-order valence-corrected chi connectivity index (χ3v) is 2.50. The molecule has 0 aliphatic rings. The molecule has 6 heteroatoms. The number of nitro groups is 1. The van der Waals surface area contributed by atoms with E-state index in [-0.39, 0.29) is 17.1 Å². The molecule has 0 bridgehead atoms. The number of aromatic hydroxyl groups is 1. The van der Waals surface area contributed by atoms with Crippen LogP contribution in [0.15, 0.2) is 30.3 Å². The quantitative estimate of drug-likeness (QED) is 0.483. The van der Waals surface area contributed by atoms with Crippen molar-refractivity contribution in [2.24, 2.45) is 0 Å². The molecule has 0 saturated carbocycles. The lowest BCUT2D eigenvalue weighted by atomic mass is 10.1. The Labute approximate surface area is 102 Å². The van der Waals surface area contributed by atoms with Crippen molar-refractivity contribution in [3.63, 3.8) is 0 Å². The second kappa shape index (κ2) is 4.33. The summed E-state index contributed by atoms with van der Waals surface area (Å²) in [6.07, 6.45) is 0. The summed E-state index contributed by atoms with van der Waals surface area (Å²) in [5.74, 6) is -0.597. The van der Waals surface area contributed by atoms with Crippen molar-refractivity contribution in [2.45, 2.75) is 6.92 Å². The first kappa shape index (κ1) is 11.8. The maximum atomic E-state index is 11.1. The van der Waals surface area contributed by atoms with E-state index in [0.717, 1.165) is 6.07 Å². The Kier molecular flexibility index (Phi) is 2.85. The van der Waals surface area contributed by atoms with Crippen LogP contribution in [0, 0.1) is 10.1 Å². The van der Waals surface area contributed by atoms with E-state index < -0.39 is 10.8 Å². The van der Waals surface area contributed by atoms with Crippen LogP contribution in [-0.4, -0.2) is 15.9 Å². The zero-order chi connectivity index (χ0) is 13.3.